The fourth-order valence-corrected chi connectivity index (χ4v) is 1.69. The number of aryl methyl sites for hydroxylation is 1. The Kier molecular flexibility index (Phi) is 3.42. The lowest BCUT2D eigenvalue weighted by Gasteiger charge is -2.09. The van der Waals surface area contributed by atoms with Crippen molar-refractivity contribution in [2.24, 2.45) is 0 Å². The number of para-hydroxylation sites is 1. The van der Waals surface area contributed by atoms with Gasteiger partial charge in [0.15, 0.2) is 0 Å². The van der Waals surface area contributed by atoms with Gasteiger partial charge in [-0.2, -0.15) is 24.7 Å². The number of rotatable bonds is 4. The molecule has 2 heterocycles. The first-order valence-electron chi connectivity index (χ1n) is 6.28. The van der Waals surface area contributed by atoms with Crippen molar-refractivity contribution in [1.29, 1.82) is 0 Å². The number of aromatic nitrogens is 6. The summed E-state index contributed by atoms with van der Waals surface area (Å²) in [6.45, 7) is 1.95. The normalized spacial score (nSPS) is 10.4. The zero-order valence-corrected chi connectivity index (χ0v) is 11.6. The largest absolute Gasteiger partial charge is 0.424 e. The van der Waals surface area contributed by atoms with Crippen LogP contribution in [0.3, 0.4) is 0 Å². The molecule has 1 aromatic carbocycles. The molecule has 0 aliphatic carbocycles. The Labute approximate surface area is 120 Å². The van der Waals surface area contributed by atoms with Crippen molar-refractivity contribution in [3.05, 3.63) is 42.5 Å². The molecular formula is C13H13N7O. The molecule has 0 spiro atoms. The standard InChI is InChI=1S/C13H13N7O/c1-9-5-3-4-6-10(9)21-13-18-11(14-2)17-12(19-13)20-8-15-7-16-20/h3-8H,1-2H3,(H,14,17,18,19). The fourth-order valence-electron chi connectivity index (χ4n) is 1.69. The second kappa shape index (κ2) is 5.53. The van der Waals surface area contributed by atoms with Crippen LogP contribution < -0.4 is 10.1 Å². The SMILES string of the molecule is CNc1nc(Oc2ccccc2C)nc(-n2cncn2)n1. The molecule has 3 rings (SSSR count). The lowest BCUT2D eigenvalue weighted by atomic mass is 10.2. The van der Waals surface area contributed by atoms with Crippen LogP contribution in [0.2, 0.25) is 0 Å². The molecule has 0 fully saturated rings. The molecule has 0 saturated carbocycles. The van der Waals surface area contributed by atoms with Crippen LogP contribution in [0.15, 0.2) is 36.9 Å². The molecule has 3 aromatic rings. The first-order chi connectivity index (χ1) is 10.3. The molecule has 21 heavy (non-hydrogen) atoms. The Morgan fingerprint density at radius 2 is 2.00 bits per heavy atom. The van der Waals surface area contributed by atoms with E-state index in [1.165, 1.54) is 17.3 Å². The van der Waals surface area contributed by atoms with Crippen molar-refractivity contribution in [3.8, 4) is 17.7 Å². The number of hydrogen-bond acceptors (Lipinski definition) is 7. The van der Waals surface area contributed by atoms with Crippen molar-refractivity contribution >= 4 is 5.95 Å². The monoisotopic (exact) mass is 283 g/mol. The molecule has 8 heteroatoms. The van der Waals surface area contributed by atoms with Crippen LogP contribution in [0, 0.1) is 6.92 Å². The third-order valence-electron chi connectivity index (χ3n) is 2.75. The maximum Gasteiger partial charge on any atom is 0.328 e. The van der Waals surface area contributed by atoms with E-state index in [0.717, 1.165) is 5.56 Å². The Morgan fingerprint density at radius 1 is 1.14 bits per heavy atom. The van der Waals surface area contributed by atoms with E-state index < -0.39 is 0 Å². The molecule has 0 aliphatic heterocycles. The van der Waals surface area contributed by atoms with E-state index in [-0.39, 0.29) is 6.01 Å². The summed E-state index contributed by atoms with van der Waals surface area (Å²) in [5.41, 5.74) is 0.992. The van der Waals surface area contributed by atoms with E-state index in [1.807, 2.05) is 31.2 Å². The first kappa shape index (κ1) is 13.0. The van der Waals surface area contributed by atoms with Gasteiger partial charge in [-0.25, -0.2) is 4.98 Å². The van der Waals surface area contributed by atoms with E-state index in [2.05, 4.69) is 30.4 Å². The van der Waals surface area contributed by atoms with E-state index in [4.69, 9.17) is 4.74 Å². The molecule has 106 valence electrons. The molecule has 0 atom stereocenters. The Balaban J connectivity index is 1.99. The summed E-state index contributed by atoms with van der Waals surface area (Å²) in [6.07, 6.45) is 2.91. The van der Waals surface area contributed by atoms with Crippen LogP contribution in [0.25, 0.3) is 5.95 Å². The van der Waals surface area contributed by atoms with Gasteiger partial charge in [0.05, 0.1) is 0 Å². The highest BCUT2D eigenvalue weighted by Crippen LogP contribution is 2.22. The minimum atomic E-state index is 0.189. The topological polar surface area (TPSA) is 90.6 Å². The van der Waals surface area contributed by atoms with Crippen molar-refractivity contribution < 1.29 is 4.74 Å². The predicted molar refractivity (Wildman–Crippen MR) is 75.5 cm³/mol. The Hall–Kier alpha value is -3.03. The first-order valence-corrected chi connectivity index (χ1v) is 6.28. The lowest BCUT2D eigenvalue weighted by Crippen LogP contribution is -2.08. The highest BCUT2D eigenvalue weighted by molar-refractivity contribution is 5.35. The van der Waals surface area contributed by atoms with Crippen molar-refractivity contribution in [2.45, 2.75) is 6.92 Å². The van der Waals surface area contributed by atoms with Gasteiger partial charge in [0.1, 0.15) is 18.4 Å². The minimum Gasteiger partial charge on any atom is -0.424 e. The van der Waals surface area contributed by atoms with Crippen molar-refractivity contribution in [3.63, 3.8) is 0 Å². The van der Waals surface area contributed by atoms with Gasteiger partial charge in [-0.1, -0.05) is 18.2 Å². The number of ether oxygens (including phenoxy) is 1. The van der Waals surface area contributed by atoms with Crippen LogP contribution in [0.4, 0.5) is 5.95 Å². The molecule has 0 saturated heterocycles. The lowest BCUT2D eigenvalue weighted by molar-refractivity contribution is 0.435. The quantitative estimate of drug-likeness (QED) is 0.777. The van der Waals surface area contributed by atoms with Crippen molar-refractivity contribution in [2.75, 3.05) is 12.4 Å². The van der Waals surface area contributed by atoms with E-state index >= 15 is 0 Å². The fraction of sp³-hybridized carbons (Fsp3) is 0.154. The summed E-state index contributed by atoms with van der Waals surface area (Å²) in [7, 11) is 1.72. The number of hydrogen-bond donors (Lipinski definition) is 1. The highest BCUT2D eigenvalue weighted by atomic mass is 16.5. The number of benzene rings is 1. The summed E-state index contributed by atoms with van der Waals surface area (Å²) >= 11 is 0. The zero-order valence-electron chi connectivity index (χ0n) is 11.6. The van der Waals surface area contributed by atoms with E-state index in [1.54, 1.807) is 7.05 Å². The van der Waals surface area contributed by atoms with E-state index in [9.17, 15) is 0 Å². The van der Waals surface area contributed by atoms with Crippen LogP contribution >= 0.6 is 0 Å². The summed E-state index contributed by atoms with van der Waals surface area (Å²) in [5.74, 6) is 1.41. The van der Waals surface area contributed by atoms with Gasteiger partial charge in [-0.05, 0) is 18.6 Å². The van der Waals surface area contributed by atoms with Gasteiger partial charge in [-0.15, -0.1) is 0 Å². The second-order valence-corrected chi connectivity index (χ2v) is 4.20. The van der Waals surface area contributed by atoms with Crippen LogP contribution in [-0.4, -0.2) is 36.8 Å². The van der Waals surface area contributed by atoms with Gasteiger partial charge in [0.2, 0.25) is 5.95 Å². The number of anilines is 1. The van der Waals surface area contributed by atoms with Gasteiger partial charge in [0, 0.05) is 7.05 Å². The van der Waals surface area contributed by atoms with Crippen molar-refractivity contribution in [1.82, 2.24) is 29.7 Å². The summed E-state index contributed by atoms with van der Waals surface area (Å²) in [4.78, 5) is 16.5. The number of nitrogens with zero attached hydrogens (tertiary/aromatic N) is 6. The molecular weight excluding hydrogens is 270 g/mol. The second-order valence-electron chi connectivity index (χ2n) is 4.20. The summed E-state index contributed by atoms with van der Waals surface area (Å²) in [6, 6.07) is 7.83. The van der Waals surface area contributed by atoms with E-state index in [0.29, 0.717) is 17.6 Å². The summed E-state index contributed by atoms with van der Waals surface area (Å²) < 4.78 is 7.16. The van der Waals surface area contributed by atoms with Crippen LogP contribution in [0.5, 0.6) is 11.8 Å². The van der Waals surface area contributed by atoms with Gasteiger partial charge in [0.25, 0.3) is 5.95 Å². The third kappa shape index (κ3) is 2.78. The minimum absolute atomic E-state index is 0.189. The summed E-state index contributed by atoms with van der Waals surface area (Å²) in [5, 5.41) is 6.86. The molecule has 0 bridgehead atoms. The molecule has 0 radical (unpaired) electrons. The molecule has 0 aliphatic rings. The van der Waals surface area contributed by atoms with Crippen LogP contribution in [-0.2, 0) is 0 Å². The Bertz CT molecular complexity index is 742. The molecule has 0 unspecified atom stereocenters. The third-order valence-corrected chi connectivity index (χ3v) is 2.75. The average Bonchev–Trinajstić information content (AvgIpc) is 3.04. The Morgan fingerprint density at radius 3 is 2.71 bits per heavy atom. The molecule has 8 nitrogen and oxygen atoms in total. The number of nitrogens with one attached hydrogen (secondary N) is 1. The highest BCUT2D eigenvalue weighted by Gasteiger charge is 2.10. The van der Waals surface area contributed by atoms with Crippen LogP contribution in [0.1, 0.15) is 5.56 Å². The maximum absolute atomic E-state index is 5.73. The van der Waals surface area contributed by atoms with Gasteiger partial charge >= 0.3 is 6.01 Å². The molecule has 1 N–H and O–H groups in total. The predicted octanol–water partition coefficient (Wildman–Crippen LogP) is 1.59. The average molecular weight is 283 g/mol. The smallest absolute Gasteiger partial charge is 0.328 e. The molecule has 0 amide bonds. The zero-order chi connectivity index (χ0) is 14.7. The van der Waals surface area contributed by atoms with Gasteiger partial charge < -0.3 is 10.1 Å². The maximum atomic E-state index is 5.73. The molecule has 2 aromatic heterocycles. The van der Waals surface area contributed by atoms with Gasteiger partial charge in [-0.3, -0.25) is 0 Å².